The van der Waals surface area contributed by atoms with Crippen molar-refractivity contribution in [3.63, 3.8) is 0 Å². The molecule has 0 fully saturated rings. The van der Waals surface area contributed by atoms with Crippen LogP contribution in [-0.4, -0.2) is 5.78 Å². The lowest BCUT2D eigenvalue weighted by Crippen LogP contribution is -1.93. The third kappa shape index (κ3) is 14.3. The van der Waals surface area contributed by atoms with E-state index in [0.717, 1.165) is 18.4 Å². The van der Waals surface area contributed by atoms with Crippen LogP contribution in [0.2, 0.25) is 0 Å². The molecule has 1 nitrogen and oxygen atoms in total. The highest BCUT2D eigenvalue weighted by molar-refractivity contribution is 5.93. The van der Waals surface area contributed by atoms with Crippen molar-refractivity contribution >= 4 is 5.78 Å². The minimum Gasteiger partial charge on any atom is -0.295 e. The first-order chi connectivity index (χ1) is 6.22. The van der Waals surface area contributed by atoms with Crippen LogP contribution in [0.1, 0.15) is 61.3 Å². The Bertz CT molecular complexity index is 123. The summed E-state index contributed by atoms with van der Waals surface area (Å²) >= 11 is 0. The molecule has 0 aliphatic carbocycles. The molecule has 0 atom stereocenters. The Morgan fingerprint density at radius 1 is 1.08 bits per heavy atom. The highest BCUT2D eigenvalue weighted by Crippen LogP contribution is 2.02. The van der Waals surface area contributed by atoms with Crippen molar-refractivity contribution in [1.29, 1.82) is 0 Å². The number of carbonyl (C=O) groups excluding carboxylic acids is 1. The molecule has 0 bridgehead atoms. The fourth-order valence-electron chi connectivity index (χ4n) is 0.783. The van der Waals surface area contributed by atoms with E-state index < -0.39 is 0 Å². The molecule has 0 aromatic heterocycles. The van der Waals surface area contributed by atoms with Crippen molar-refractivity contribution in [2.45, 2.75) is 61.3 Å². The maximum atomic E-state index is 10.7. The van der Waals surface area contributed by atoms with Crippen molar-refractivity contribution in [1.82, 2.24) is 0 Å². The van der Waals surface area contributed by atoms with E-state index >= 15 is 0 Å². The van der Waals surface area contributed by atoms with Gasteiger partial charge in [-0.3, -0.25) is 4.79 Å². The van der Waals surface area contributed by atoms with Gasteiger partial charge in [-0.1, -0.05) is 47.6 Å². The van der Waals surface area contributed by atoms with Crippen LogP contribution < -0.4 is 0 Å². The van der Waals surface area contributed by atoms with Gasteiger partial charge in [0.15, 0.2) is 5.78 Å². The zero-order valence-corrected chi connectivity index (χ0v) is 10.4. The second kappa shape index (κ2) is 17.5. The molecular formula is C12H26O. The molecule has 0 aliphatic heterocycles. The summed E-state index contributed by atoms with van der Waals surface area (Å²) in [7, 11) is 0. The maximum absolute atomic E-state index is 10.7. The van der Waals surface area contributed by atoms with Crippen LogP contribution in [-0.2, 0) is 4.79 Å². The van der Waals surface area contributed by atoms with Crippen LogP contribution >= 0.6 is 0 Å². The van der Waals surface area contributed by atoms with E-state index in [1.165, 1.54) is 0 Å². The van der Waals surface area contributed by atoms with Gasteiger partial charge < -0.3 is 0 Å². The molecule has 0 heterocycles. The molecule has 0 amide bonds. The molecule has 0 unspecified atom stereocenters. The average molecular weight is 186 g/mol. The Balaban J connectivity index is -0.000000218. The number of Topliss-reactive ketones (excluding diaryl/α,β-unsaturated/α-hetero) is 1. The molecule has 0 aromatic carbocycles. The Morgan fingerprint density at radius 3 is 1.54 bits per heavy atom. The monoisotopic (exact) mass is 186 g/mol. The standard InChI is InChI=1S/C8H14O.2C2H6/c1-4-6-8(5-2)7(3)9;2*1-2/h6H,4-5H2,1-3H3;2*1-2H3/b8-6+;;. The van der Waals surface area contributed by atoms with Crippen molar-refractivity contribution in [2.24, 2.45) is 0 Å². The molecule has 0 rings (SSSR count). The van der Waals surface area contributed by atoms with Crippen molar-refractivity contribution in [3.8, 4) is 0 Å². The van der Waals surface area contributed by atoms with Crippen molar-refractivity contribution in [3.05, 3.63) is 11.6 Å². The third-order valence-corrected chi connectivity index (χ3v) is 1.28. The maximum Gasteiger partial charge on any atom is 0.155 e. The van der Waals surface area contributed by atoms with Crippen LogP contribution in [0.3, 0.4) is 0 Å². The van der Waals surface area contributed by atoms with E-state index in [2.05, 4.69) is 0 Å². The van der Waals surface area contributed by atoms with Gasteiger partial charge in [0.2, 0.25) is 0 Å². The van der Waals surface area contributed by atoms with Gasteiger partial charge in [-0.25, -0.2) is 0 Å². The van der Waals surface area contributed by atoms with Crippen molar-refractivity contribution in [2.75, 3.05) is 0 Å². The summed E-state index contributed by atoms with van der Waals surface area (Å²) < 4.78 is 0. The summed E-state index contributed by atoms with van der Waals surface area (Å²) in [6.45, 7) is 13.7. The summed E-state index contributed by atoms with van der Waals surface area (Å²) in [6, 6.07) is 0. The van der Waals surface area contributed by atoms with Crippen LogP contribution in [0.5, 0.6) is 0 Å². The molecular weight excluding hydrogens is 160 g/mol. The first kappa shape index (κ1) is 18.2. The normalized spacial score (nSPS) is 9.00. The minimum absolute atomic E-state index is 0.208. The van der Waals surface area contributed by atoms with Gasteiger partial charge in [-0.2, -0.15) is 0 Å². The van der Waals surface area contributed by atoms with Gasteiger partial charge in [0.25, 0.3) is 0 Å². The SMILES string of the molecule is CC.CC.CC/C=C(\CC)C(C)=O. The van der Waals surface area contributed by atoms with Crippen molar-refractivity contribution < 1.29 is 4.79 Å². The van der Waals surface area contributed by atoms with E-state index in [4.69, 9.17) is 0 Å². The molecule has 0 aromatic rings. The molecule has 13 heavy (non-hydrogen) atoms. The second-order valence-corrected chi connectivity index (χ2v) is 2.05. The highest BCUT2D eigenvalue weighted by atomic mass is 16.1. The van der Waals surface area contributed by atoms with Crippen LogP contribution in [0, 0.1) is 0 Å². The zero-order chi connectivity index (χ0) is 11.3. The van der Waals surface area contributed by atoms with Crippen LogP contribution in [0.4, 0.5) is 0 Å². The summed E-state index contributed by atoms with van der Waals surface area (Å²) in [5.41, 5.74) is 0.956. The van der Waals surface area contributed by atoms with Gasteiger partial charge >= 0.3 is 0 Å². The van der Waals surface area contributed by atoms with E-state index in [9.17, 15) is 4.79 Å². The first-order valence-electron chi connectivity index (χ1n) is 5.42. The summed E-state index contributed by atoms with van der Waals surface area (Å²) in [4.78, 5) is 10.7. The quantitative estimate of drug-likeness (QED) is 0.598. The Hall–Kier alpha value is -0.590. The van der Waals surface area contributed by atoms with E-state index in [0.29, 0.717) is 0 Å². The van der Waals surface area contributed by atoms with Crippen LogP contribution in [0.15, 0.2) is 11.6 Å². The number of hydrogen-bond acceptors (Lipinski definition) is 1. The molecule has 0 aliphatic rings. The molecule has 80 valence electrons. The smallest absolute Gasteiger partial charge is 0.155 e. The molecule has 0 radical (unpaired) electrons. The summed E-state index contributed by atoms with van der Waals surface area (Å²) in [5.74, 6) is 0.208. The Kier molecular flexibility index (Phi) is 24.5. The number of rotatable bonds is 3. The van der Waals surface area contributed by atoms with Crippen LogP contribution in [0.25, 0.3) is 0 Å². The summed E-state index contributed by atoms with van der Waals surface area (Å²) in [6.07, 6.45) is 3.81. The lowest BCUT2D eigenvalue weighted by Gasteiger charge is -1.95. The molecule has 1 heteroatoms. The zero-order valence-electron chi connectivity index (χ0n) is 10.4. The number of hydrogen-bond donors (Lipinski definition) is 0. The van der Waals surface area contributed by atoms with Gasteiger partial charge in [-0.15, -0.1) is 0 Å². The van der Waals surface area contributed by atoms with E-state index in [1.54, 1.807) is 6.92 Å². The van der Waals surface area contributed by atoms with Gasteiger partial charge in [0.1, 0.15) is 0 Å². The fraction of sp³-hybridized carbons (Fsp3) is 0.750. The predicted octanol–water partition coefficient (Wildman–Crippen LogP) is 4.37. The average Bonchev–Trinajstić information content (AvgIpc) is 2.20. The summed E-state index contributed by atoms with van der Waals surface area (Å²) in [5, 5.41) is 0. The lowest BCUT2D eigenvalue weighted by molar-refractivity contribution is -0.113. The molecule has 0 saturated heterocycles. The minimum atomic E-state index is 0.208. The highest BCUT2D eigenvalue weighted by Gasteiger charge is 1.96. The Labute approximate surface area is 84.2 Å². The first-order valence-corrected chi connectivity index (χ1v) is 5.42. The molecule has 0 saturated carbocycles. The number of allylic oxidation sites excluding steroid dienone is 2. The predicted molar refractivity (Wildman–Crippen MR) is 62.0 cm³/mol. The van der Waals surface area contributed by atoms with Gasteiger partial charge in [-0.05, 0) is 25.3 Å². The molecule has 0 spiro atoms. The number of ketones is 1. The number of carbonyl (C=O) groups is 1. The topological polar surface area (TPSA) is 17.1 Å². The van der Waals surface area contributed by atoms with Gasteiger partial charge in [0.05, 0.1) is 0 Å². The largest absolute Gasteiger partial charge is 0.295 e. The fourth-order valence-corrected chi connectivity index (χ4v) is 0.783. The molecule has 0 N–H and O–H groups in total. The second-order valence-electron chi connectivity index (χ2n) is 2.05. The van der Waals surface area contributed by atoms with E-state index in [1.807, 2.05) is 47.6 Å². The third-order valence-electron chi connectivity index (χ3n) is 1.28. The van der Waals surface area contributed by atoms with Gasteiger partial charge in [0, 0.05) is 0 Å². The lowest BCUT2D eigenvalue weighted by atomic mass is 10.1. The Morgan fingerprint density at radius 2 is 1.46 bits per heavy atom. The van der Waals surface area contributed by atoms with E-state index in [-0.39, 0.29) is 5.78 Å².